The molecule has 0 radical (unpaired) electrons. The zero-order valence-corrected chi connectivity index (χ0v) is 8.87. The van der Waals surface area contributed by atoms with E-state index in [0.717, 1.165) is 24.3 Å². The molecule has 2 N–H and O–H groups in total. The Morgan fingerprint density at radius 3 is 2.23 bits per heavy atom. The molecule has 0 aromatic rings. The third-order valence-corrected chi connectivity index (χ3v) is 3.76. The summed E-state index contributed by atoms with van der Waals surface area (Å²) in [7, 11) is 0. The van der Waals surface area contributed by atoms with Crippen molar-refractivity contribution < 1.29 is 0 Å². The molecule has 2 aliphatic rings. The molecule has 2 nitrogen and oxygen atoms in total. The van der Waals surface area contributed by atoms with Crippen molar-refractivity contribution in [3.63, 3.8) is 0 Å². The van der Waals surface area contributed by atoms with Crippen LogP contribution in [0.3, 0.4) is 0 Å². The Balaban J connectivity index is 1.76. The topological polar surface area (TPSA) is 29.3 Å². The third-order valence-electron chi connectivity index (χ3n) is 3.76. The van der Waals surface area contributed by atoms with Gasteiger partial charge in [-0.05, 0) is 30.6 Å². The van der Waals surface area contributed by atoms with Crippen molar-refractivity contribution in [1.29, 1.82) is 0 Å². The number of nitrogens with zero attached hydrogens (tertiary/aromatic N) is 1. The number of hydrogen-bond donors (Lipinski definition) is 1. The van der Waals surface area contributed by atoms with Gasteiger partial charge in [0.15, 0.2) is 0 Å². The van der Waals surface area contributed by atoms with Crippen LogP contribution in [0.15, 0.2) is 0 Å². The third kappa shape index (κ3) is 2.23. The minimum Gasteiger partial charge on any atom is -0.326 e. The highest BCUT2D eigenvalue weighted by Crippen LogP contribution is 2.32. The highest BCUT2D eigenvalue weighted by atomic mass is 15.2. The zero-order chi connectivity index (χ0) is 9.42. The monoisotopic (exact) mass is 182 g/mol. The Morgan fingerprint density at radius 1 is 1.23 bits per heavy atom. The predicted molar refractivity (Wildman–Crippen MR) is 55.5 cm³/mol. The van der Waals surface area contributed by atoms with Crippen LogP contribution in [0.4, 0.5) is 0 Å². The summed E-state index contributed by atoms with van der Waals surface area (Å²) in [5.41, 5.74) is 6.11. The van der Waals surface area contributed by atoms with Crippen LogP contribution in [0.5, 0.6) is 0 Å². The maximum absolute atomic E-state index is 6.11. The second-order valence-corrected chi connectivity index (χ2v) is 5.17. The molecule has 1 aliphatic heterocycles. The predicted octanol–water partition coefficient (Wildman–Crippen LogP) is 1.31. The number of rotatable bonds is 3. The summed E-state index contributed by atoms with van der Waals surface area (Å²) in [5.74, 6) is 2.59. The molecule has 1 saturated carbocycles. The highest BCUT2D eigenvalue weighted by Gasteiger charge is 2.32. The molecule has 0 aromatic heterocycles. The van der Waals surface area contributed by atoms with Crippen LogP contribution in [0.1, 0.15) is 26.7 Å². The molecule has 13 heavy (non-hydrogen) atoms. The normalized spacial score (nSPS) is 38.1. The Morgan fingerprint density at radius 2 is 1.77 bits per heavy atom. The van der Waals surface area contributed by atoms with Gasteiger partial charge in [-0.15, -0.1) is 0 Å². The van der Waals surface area contributed by atoms with Crippen molar-refractivity contribution in [2.24, 2.45) is 23.5 Å². The molecular weight excluding hydrogens is 160 g/mol. The lowest BCUT2D eigenvalue weighted by Gasteiger charge is -2.20. The van der Waals surface area contributed by atoms with Crippen LogP contribution in [0.25, 0.3) is 0 Å². The largest absolute Gasteiger partial charge is 0.326 e. The first-order valence-corrected chi connectivity index (χ1v) is 5.64. The van der Waals surface area contributed by atoms with E-state index in [4.69, 9.17) is 5.73 Å². The molecule has 1 saturated heterocycles. The summed E-state index contributed by atoms with van der Waals surface area (Å²) in [6, 6.07) is 0.456. The molecule has 1 aliphatic carbocycles. The number of likely N-dealkylation sites (tertiary alicyclic amines) is 1. The zero-order valence-electron chi connectivity index (χ0n) is 8.87. The first-order valence-electron chi connectivity index (χ1n) is 5.64. The standard InChI is InChI=1S/C11H22N2/c1-8-5-13(6-9(8)2)7-11(12)10-3-4-10/h8-11H,3-7,12H2,1-2H3. The lowest BCUT2D eigenvalue weighted by atomic mass is 10.0. The fourth-order valence-corrected chi connectivity index (χ4v) is 2.37. The maximum atomic E-state index is 6.11. The van der Waals surface area contributed by atoms with E-state index >= 15 is 0 Å². The molecule has 0 amide bonds. The van der Waals surface area contributed by atoms with Crippen molar-refractivity contribution in [2.75, 3.05) is 19.6 Å². The summed E-state index contributed by atoms with van der Waals surface area (Å²) in [6.07, 6.45) is 2.75. The number of hydrogen-bond acceptors (Lipinski definition) is 2. The molecule has 2 rings (SSSR count). The Bertz CT molecular complexity index is 167. The lowest BCUT2D eigenvalue weighted by molar-refractivity contribution is 0.290. The molecule has 0 spiro atoms. The fraction of sp³-hybridized carbons (Fsp3) is 1.00. The summed E-state index contributed by atoms with van der Waals surface area (Å²) >= 11 is 0. The van der Waals surface area contributed by atoms with E-state index in [1.807, 2.05) is 0 Å². The molecule has 1 heterocycles. The molecule has 3 unspecified atom stereocenters. The van der Waals surface area contributed by atoms with Crippen molar-refractivity contribution in [1.82, 2.24) is 4.90 Å². The molecule has 0 aromatic carbocycles. The van der Waals surface area contributed by atoms with E-state index in [0.29, 0.717) is 6.04 Å². The van der Waals surface area contributed by atoms with Crippen molar-refractivity contribution in [3.8, 4) is 0 Å². The van der Waals surface area contributed by atoms with E-state index in [-0.39, 0.29) is 0 Å². The minimum absolute atomic E-state index is 0.456. The smallest absolute Gasteiger partial charge is 0.0196 e. The van der Waals surface area contributed by atoms with Crippen molar-refractivity contribution >= 4 is 0 Å². The van der Waals surface area contributed by atoms with E-state index in [1.54, 1.807) is 0 Å². The van der Waals surface area contributed by atoms with Gasteiger partial charge < -0.3 is 10.6 Å². The van der Waals surface area contributed by atoms with Gasteiger partial charge in [-0.1, -0.05) is 13.8 Å². The van der Waals surface area contributed by atoms with Crippen LogP contribution >= 0.6 is 0 Å². The summed E-state index contributed by atoms with van der Waals surface area (Å²) < 4.78 is 0. The summed E-state index contributed by atoms with van der Waals surface area (Å²) in [5, 5.41) is 0. The molecule has 2 fully saturated rings. The highest BCUT2D eigenvalue weighted by molar-refractivity contribution is 4.88. The second-order valence-electron chi connectivity index (χ2n) is 5.17. The van der Waals surface area contributed by atoms with E-state index < -0.39 is 0 Å². The Hall–Kier alpha value is -0.0800. The van der Waals surface area contributed by atoms with Crippen LogP contribution in [0.2, 0.25) is 0 Å². The van der Waals surface area contributed by atoms with Crippen molar-refractivity contribution in [2.45, 2.75) is 32.7 Å². The molecule has 3 atom stereocenters. The quantitative estimate of drug-likeness (QED) is 0.713. The first kappa shape index (κ1) is 9.47. The summed E-state index contributed by atoms with van der Waals surface area (Å²) in [6.45, 7) is 8.38. The number of nitrogens with two attached hydrogens (primary N) is 1. The molecule has 76 valence electrons. The van der Waals surface area contributed by atoms with Crippen molar-refractivity contribution in [3.05, 3.63) is 0 Å². The summed E-state index contributed by atoms with van der Waals surface area (Å²) in [4.78, 5) is 2.55. The van der Waals surface area contributed by atoms with Gasteiger partial charge in [0.05, 0.1) is 0 Å². The lowest BCUT2D eigenvalue weighted by Crippen LogP contribution is -2.37. The van der Waals surface area contributed by atoms with Crippen LogP contribution in [0, 0.1) is 17.8 Å². The molecule has 0 bridgehead atoms. The average Bonchev–Trinajstić information content (AvgIpc) is 2.81. The first-order chi connectivity index (χ1) is 6.16. The SMILES string of the molecule is CC1CN(CC(N)C2CC2)CC1C. The fourth-order valence-electron chi connectivity index (χ4n) is 2.37. The van der Waals surface area contributed by atoms with Crippen LogP contribution < -0.4 is 5.73 Å². The van der Waals surface area contributed by atoms with Gasteiger partial charge in [-0.2, -0.15) is 0 Å². The van der Waals surface area contributed by atoms with Gasteiger partial charge in [0.1, 0.15) is 0 Å². The van der Waals surface area contributed by atoms with Crippen LogP contribution in [-0.2, 0) is 0 Å². The molecular formula is C11H22N2. The van der Waals surface area contributed by atoms with Crippen LogP contribution in [-0.4, -0.2) is 30.6 Å². The average molecular weight is 182 g/mol. The Kier molecular flexibility index (Phi) is 2.61. The van der Waals surface area contributed by atoms with Gasteiger partial charge in [0.2, 0.25) is 0 Å². The van der Waals surface area contributed by atoms with E-state index in [2.05, 4.69) is 18.7 Å². The van der Waals surface area contributed by atoms with Gasteiger partial charge in [-0.25, -0.2) is 0 Å². The van der Waals surface area contributed by atoms with Gasteiger partial charge in [-0.3, -0.25) is 0 Å². The van der Waals surface area contributed by atoms with E-state index in [1.165, 1.54) is 25.9 Å². The van der Waals surface area contributed by atoms with Gasteiger partial charge in [0, 0.05) is 25.7 Å². The van der Waals surface area contributed by atoms with E-state index in [9.17, 15) is 0 Å². The van der Waals surface area contributed by atoms with Gasteiger partial charge >= 0.3 is 0 Å². The molecule has 2 heteroatoms. The van der Waals surface area contributed by atoms with Gasteiger partial charge in [0.25, 0.3) is 0 Å². The maximum Gasteiger partial charge on any atom is 0.0196 e. The second kappa shape index (κ2) is 3.58. The minimum atomic E-state index is 0.456. The Labute approximate surface area is 81.5 Å².